The molecule has 6 rings (SSSR count). The standard InChI is InChI=1S/2C25H32OS2.Ni/c2*1-25(2,3)17-26-22-15-14-20(18-10-6-4-7-11-18)16-21(22)24(28)23(27)19-12-8-5-9-13-19;/h2*5,8-9,12-16,18,27-28H,4,6-7,10-11,17H2,1-3H3;/p-4/b2*24-23-;. The topological polar surface area (TPSA) is 18.5 Å². The molecule has 0 amide bonds. The SMILES string of the molecule is CC(C)(C)COc1ccc(C2CCCCC2)cc1/C([S-])=C(/[S-])c1ccccc1.CC(C)(C)COc1ccc(C2CCCCC2)cc1/C([S-])=C(/[S-])c1ccccc1.[Ni]. The minimum Gasteiger partial charge on any atom is -0.780 e. The summed E-state index contributed by atoms with van der Waals surface area (Å²) < 4.78 is 12.4. The van der Waals surface area contributed by atoms with Crippen molar-refractivity contribution in [2.75, 3.05) is 13.2 Å². The zero-order valence-electron chi connectivity index (χ0n) is 34.6. The van der Waals surface area contributed by atoms with E-state index in [-0.39, 0.29) is 27.3 Å². The Bertz CT molecular complexity index is 1770. The molecule has 0 bridgehead atoms. The molecule has 4 aromatic rings. The first-order chi connectivity index (χ1) is 26.7. The zero-order chi connectivity index (χ0) is 40.3. The van der Waals surface area contributed by atoms with E-state index in [0.717, 1.165) is 43.6 Å². The molecule has 7 heteroatoms. The molecule has 2 aliphatic carbocycles. The van der Waals surface area contributed by atoms with Gasteiger partial charge in [-0.2, -0.15) is 19.6 Å². The number of benzene rings is 4. The number of rotatable bonds is 10. The fourth-order valence-electron chi connectivity index (χ4n) is 7.36. The van der Waals surface area contributed by atoms with Gasteiger partial charge in [-0.15, -0.1) is 0 Å². The monoisotopic (exact) mass is 878 g/mol. The van der Waals surface area contributed by atoms with Crippen LogP contribution in [0.2, 0.25) is 0 Å². The molecule has 0 aromatic heterocycles. The van der Waals surface area contributed by atoms with Gasteiger partial charge >= 0.3 is 0 Å². The maximum Gasteiger partial charge on any atom is 0.124 e. The smallest absolute Gasteiger partial charge is 0.124 e. The summed E-state index contributed by atoms with van der Waals surface area (Å²) in [5.74, 6) is 2.94. The van der Waals surface area contributed by atoms with Gasteiger partial charge in [0, 0.05) is 16.5 Å². The molecule has 0 radical (unpaired) electrons. The molecule has 0 atom stereocenters. The summed E-state index contributed by atoms with van der Waals surface area (Å²) in [4.78, 5) is 2.86. The Hall–Kier alpha value is -2.67. The summed E-state index contributed by atoms with van der Waals surface area (Å²) in [5, 5.41) is 0. The Morgan fingerprint density at radius 1 is 0.474 bits per heavy atom. The molecule has 2 nitrogen and oxygen atoms in total. The van der Waals surface area contributed by atoms with Crippen molar-refractivity contribution in [3.63, 3.8) is 0 Å². The summed E-state index contributed by atoms with van der Waals surface area (Å²) >= 11 is 23.2. The van der Waals surface area contributed by atoms with Crippen LogP contribution in [-0.2, 0) is 67.0 Å². The summed E-state index contributed by atoms with van der Waals surface area (Å²) in [7, 11) is 0. The second kappa shape index (κ2) is 22.1. The van der Waals surface area contributed by atoms with Crippen LogP contribution < -0.4 is 9.47 Å². The predicted octanol–water partition coefficient (Wildman–Crippen LogP) is 14.2. The van der Waals surface area contributed by atoms with E-state index < -0.39 is 0 Å². The van der Waals surface area contributed by atoms with Crippen molar-refractivity contribution in [3.05, 3.63) is 130 Å². The van der Waals surface area contributed by atoms with E-state index in [9.17, 15) is 0 Å². The van der Waals surface area contributed by atoms with Gasteiger partial charge in [-0.3, -0.25) is 0 Å². The molecule has 2 saturated carbocycles. The van der Waals surface area contributed by atoms with Crippen LogP contribution in [-0.4, -0.2) is 13.2 Å². The molecule has 2 fully saturated rings. The minimum atomic E-state index is 0. The van der Waals surface area contributed by atoms with Crippen molar-refractivity contribution in [1.82, 2.24) is 0 Å². The Balaban J connectivity index is 0.000000248. The Kier molecular flexibility index (Phi) is 18.2. The van der Waals surface area contributed by atoms with Gasteiger partial charge in [0.15, 0.2) is 0 Å². The molecule has 0 heterocycles. The average molecular weight is 880 g/mol. The van der Waals surface area contributed by atoms with Crippen LogP contribution >= 0.6 is 0 Å². The van der Waals surface area contributed by atoms with E-state index in [4.69, 9.17) is 60.0 Å². The Labute approximate surface area is 377 Å². The van der Waals surface area contributed by atoms with Crippen molar-refractivity contribution in [1.29, 1.82) is 0 Å². The minimum absolute atomic E-state index is 0. The van der Waals surface area contributed by atoms with Crippen LogP contribution in [0, 0.1) is 10.8 Å². The van der Waals surface area contributed by atoms with Crippen molar-refractivity contribution >= 4 is 70.1 Å². The fourth-order valence-corrected chi connectivity index (χ4v) is 8.40. The van der Waals surface area contributed by atoms with E-state index in [1.165, 1.54) is 75.3 Å². The molecule has 4 aromatic carbocycles. The number of hydrogen-bond donors (Lipinski definition) is 0. The third-order valence-electron chi connectivity index (χ3n) is 10.5. The van der Waals surface area contributed by atoms with Crippen molar-refractivity contribution < 1.29 is 26.0 Å². The molecule has 0 aliphatic heterocycles. The zero-order valence-corrected chi connectivity index (χ0v) is 38.9. The molecular formula is C50H60NiO2S4-4. The van der Waals surface area contributed by atoms with Crippen LogP contribution in [0.15, 0.2) is 97.1 Å². The molecule has 57 heavy (non-hydrogen) atoms. The van der Waals surface area contributed by atoms with E-state index in [2.05, 4.69) is 77.9 Å². The second-order valence-electron chi connectivity index (χ2n) is 17.9. The summed E-state index contributed by atoms with van der Waals surface area (Å²) in [5.41, 5.74) is 6.83. The summed E-state index contributed by atoms with van der Waals surface area (Å²) in [6.45, 7) is 14.3. The Morgan fingerprint density at radius 2 is 0.807 bits per heavy atom. The van der Waals surface area contributed by atoms with Gasteiger partial charge < -0.3 is 60.0 Å². The van der Waals surface area contributed by atoms with Gasteiger partial charge in [0.1, 0.15) is 11.5 Å². The quantitative estimate of drug-likeness (QED) is 0.0891. The van der Waals surface area contributed by atoms with Crippen LogP contribution in [0.5, 0.6) is 11.5 Å². The molecule has 0 spiro atoms. The van der Waals surface area contributed by atoms with Crippen LogP contribution in [0.1, 0.15) is 151 Å². The normalized spacial score (nSPS) is 16.2. The van der Waals surface area contributed by atoms with Crippen LogP contribution in [0.3, 0.4) is 0 Å². The molecule has 310 valence electrons. The van der Waals surface area contributed by atoms with Gasteiger partial charge in [0.2, 0.25) is 0 Å². The predicted molar refractivity (Wildman–Crippen MR) is 250 cm³/mol. The second-order valence-corrected chi connectivity index (χ2v) is 19.6. The first-order valence-electron chi connectivity index (χ1n) is 20.5. The molecule has 2 aliphatic rings. The van der Waals surface area contributed by atoms with Gasteiger partial charge in [-0.1, -0.05) is 153 Å². The van der Waals surface area contributed by atoms with Gasteiger partial charge in [-0.25, -0.2) is 0 Å². The molecule has 0 N–H and O–H groups in total. The third kappa shape index (κ3) is 14.2. The number of hydrogen-bond acceptors (Lipinski definition) is 6. The number of ether oxygens (including phenoxy) is 2. The molecule has 0 unspecified atom stereocenters. The van der Waals surface area contributed by atoms with E-state index in [1.54, 1.807) is 0 Å². The maximum absolute atomic E-state index is 6.20. The van der Waals surface area contributed by atoms with Gasteiger partial charge in [-0.05, 0) is 106 Å². The van der Waals surface area contributed by atoms with Crippen LogP contribution in [0.4, 0.5) is 0 Å². The average Bonchev–Trinajstić information content (AvgIpc) is 3.22. The largest absolute Gasteiger partial charge is 0.780 e. The molecular weight excluding hydrogens is 820 g/mol. The van der Waals surface area contributed by atoms with Crippen molar-refractivity contribution in [2.45, 2.75) is 118 Å². The first kappa shape index (κ1) is 47.0. The van der Waals surface area contributed by atoms with E-state index >= 15 is 0 Å². The fraction of sp³-hybridized carbons (Fsp3) is 0.440. The third-order valence-corrected chi connectivity index (χ3v) is 12.4. The van der Waals surface area contributed by atoms with E-state index in [1.807, 2.05) is 60.7 Å². The van der Waals surface area contributed by atoms with Gasteiger partial charge in [0.25, 0.3) is 0 Å². The first-order valence-corrected chi connectivity index (χ1v) is 22.1. The van der Waals surface area contributed by atoms with Crippen molar-refractivity contribution in [3.8, 4) is 11.5 Å². The van der Waals surface area contributed by atoms with E-state index in [0.29, 0.717) is 34.9 Å². The summed E-state index contributed by atoms with van der Waals surface area (Å²) in [6.07, 6.45) is 13.0. The van der Waals surface area contributed by atoms with Gasteiger partial charge in [0.05, 0.1) is 13.2 Å². The maximum atomic E-state index is 6.20. The van der Waals surface area contributed by atoms with Crippen LogP contribution in [0.25, 0.3) is 19.6 Å². The van der Waals surface area contributed by atoms with Crippen molar-refractivity contribution in [2.24, 2.45) is 10.8 Å². The summed E-state index contributed by atoms with van der Waals surface area (Å²) in [6, 6.07) is 33.2. The Morgan fingerprint density at radius 3 is 1.12 bits per heavy atom. The molecule has 0 saturated heterocycles.